The number of hydrogen-bond acceptors (Lipinski definition) is 4. The Morgan fingerprint density at radius 2 is 2.22 bits per heavy atom. The lowest BCUT2D eigenvalue weighted by Crippen LogP contribution is -2.51. The number of carbonyl (C=O) groups is 1. The molecule has 2 fully saturated rings. The molecule has 0 bridgehead atoms. The molecule has 1 amide bonds. The van der Waals surface area contributed by atoms with Crippen LogP contribution in [0.3, 0.4) is 0 Å². The summed E-state index contributed by atoms with van der Waals surface area (Å²) in [6, 6.07) is 10.0. The van der Waals surface area contributed by atoms with E-state index in [9.17, 15) is 4.79 Å². The maximum Gasteiger partial charge on any atom is 0.220 e. The van der Waals surface area contributed by atoms with E-state index in [4.69, 9.17) is 0 Å². The average Bonchev–Trinajstić information content (AvgIpc) is 3.30. The van der Waals surface area contributed by atoms with Gasteiger partial charge in [-0.3, -0.25) is 14.4 Å². The Balaban J connectivity index is 1.43. The van der Waals surface area contributed by atoms with Crippen LogP contribution in [0.2, 0.25) is 0 Å². The van der Waals surface area contributed by atoms with Crippen molar-refractivity contribution >= 4 is 11.9 Å². The monoisotopic (exact) mass is 367 g/mol. The van der Waals surface area contributed by atoms with Crippen molar-refractivity contribution in [3.05, 3.63) is 42.5 Å². The van der Waals surface area contributed by atoms with E-state index in [0.717, 1.165) is 49.9 Å². The van der Waals surface area contributed by atoms with Crippen LogP contribution in [-0.2, 0) is 11.3 Å². The zero-order chi connectivity index (χ0) is 18.7. The number of benzene rings is 1. The number of para-hydroxylation sites is 1. The van der Waals surface area contributed by atoms with Gasteiger partial charge in [-0.1, -0.05) is 18.2 Å². The summed E-state index contributed by atoms with van der Waals surface area (Å²) in [7, 11) is 1.80. The molecule has 1 spiro atoms. The van der Waals surface area contributed by atoms with E-state index in [-0.39, 0.29) is 11.3 Å². The minimum Gasteiger partial charge on any atom is -0.355 e. The highest BCUT2D eigenvalue weighted by Gasteiger charge is 2.42. The normalized spacial score (nSPS) is 22.9. The standard InChI is InChI=1S/C19H25N7O/c1-20-18(25-9-5-8-19(13-25)10-17(27)22-12-19)21-11-16-24-23-14-26(16)15-6-3-2-4-7-15/h2-4,6-7,14H,5,8-13H2,1H3,(H,20,21)(H,22,27). The minimum absolute atomic E-state index is 0.0387. The molecule has 2 N–H and O–H groups in total. The van der Waals surface area contributed by atoms with Crippen LogP contribution in [0, 0.1) is 5.41 Å². The molecular formula is C19H25N7O. The van der Waals surface area contributed by atoms with Crippen LogP contribution in [-0.4, -0.2) is 58.2 Å². The lowest BCUT2D eigenvalue weighted by Gasteiger charge is -2.40. The predicted octanol–water partition coefficient (Wildman–Crippen LogP) is 0.945. The molecule has 8 nitrogen and oxygen atoms in total. The van der Waals surface area contributed by atoms with Gasteiger partial charge in [0.1, 0.15) is 6.33 Å². The molecular weight excluding hydrogens is 342 g/mol. The number of nitrogens with one attached hydrogen (secondary N) is 2. The van der Waals surface area contributed by atoms with Gasteiger partial charge in [-0.05, 0) is 25.0 Å². The number of guanidine groups is 1. The number of aliphatic imine (C=N–C) groups is 1. The molecule has 142 valence electrons. The van der Waals surface area contributed by atoms with Gasteiger partial charge in [-0.25, -0.2) is 0 Å². The van der Waals surface area contributed by atoms with Gasteiger partial charge in [-0.2, -0.15) is 0 Å². The smallest absolute Gasteiger partial charge is 0.220 e. The topological polar surface area (TPSA) is 87.4 Å². The number of carbonyl (C=O) groups excluding carboxylic acids is 1. The quantitative estimate of drug-likeness (QED) is 0.623. The van der Waals surface area contributed by atoms with Gasteiger partial charge in [0.25, 0.3) is 0 Å². The molecule has 1 atom stereocenters. The van der Waals surface area contributed by atoms with E-state index >= 15 is 0 Å². The van der Waals surface area contributed by atoms with E-state index in [1.807, 2.05) is 34.9 Å². The fourth-order valence-electron chi connectivity index (χ4n) is 4.10. The first-order chi connectivity index (χ1) is 13.2. The Bertz CT molecular complexity index is 832. The van der Waals surface area contributed by atoms with Gasteiger partial charge < -0.3 is 15.5 Å². The van der Waals surface area contributed by atoms with Crippen LogP contribution in [0.4, 0.5) is 0 Å². The molecule has 0 saturated carbocycles. The number of aromatic nitrogens is 3. The molecule has 2 aromatic rings. The van der Waals surface area contributed by atoms with Crippen molar-refractivity contribution < 1.29 is 4.79 Å². The molecule has 2 aliphatic heterocycles. The highest BCUT2D eigenvalue weighted by Crippen LogP contribution is 2.35. The summed E-state index contributed by atoms with van der Waals surface area (Å²) in [5.74, 6) is 1.83. The summed E-state index contributed by atoms with van der Waals surface area (Å²) in [6.07, 6.45) is 4.49. The second kappa shape index (κ2) is 7.38. The van der Waals surface area contributed by atoms with Crippen molar-refractivity contribution in [2.75, 3.05) is 26.7 Å². The number of rotatable bonds is 3. The molecule has 0 aliphatic carbocycles. The van der Waals surface area contributed by atoms with E-state index in [1.54, 1.807) is 13.4 Å². The first kappa shape index (κ1) is 17.5. The highest BCUT2D eigenvalue weighted by molar-refractivity contribution is 5.81. The zero-order valence-electron chi connectivity index (χ0n) is 15.6. The fraction of sp³-hybridized carbons (Fsp3) is 0.474. The molecule has 1 aromatic heterocycles. The predicted molar refractivity (Wildman–Crippen MR) is 102 cm³/mol. The van der Waals surface area contributed by atoms with Gasteiger partial charge >= 0.3 is 0 Å². The number of amides is 1. The van der Waals surface area contributed by atoms with E-state index in [2.05, 4.69) is 30.7 Å². The number of likely N-dealkylation sites (tertiary alicyclic amines) is 1. The average molecular weight is 367 g/mol. The molecule has 3 heterocycles. The van der Waals surface area contributed by atoms with Crippen molar-refractivity contribution in [1.29, 1.82) is 0 Å². The first-order valence-electron chi connectivity index (χ1n) is 9.36. The largest absolute Gasteiger partial charge is 0.355 e. The highest BCUT2D eigenvalue weighted by atomic mass is 16.1. The van der Waals surface area contributed by atoms with Crippen LogP contribution in [0.15, 0.2) is 41.7 Å². The SMILES string of the molecule is CN=C(NCc1nncn1-c1ccccc1)N1CCCC2(CNC(=O)C2)C1. The summed E-state index contributed by atoms with van der Waals surface area (Å²) in [4.78, 5) is 18.4. The zero-order valence-corrected chi connectivity index (χ0v) is 15.6. The first-order valence-corrected chi connectivity index (χ1v) is 9.36. The maximum absolute atomic E-state index is 11.7. The van der Waals surface area contributed by atoms with Crippen molar-refractivity contribution in [2.24, 2.45) is 10.4 Å². The third-order valence-electron chi connectivity index (χ3n) is 5.43. The Morgan fingerprint density at radius 1 is 1.37 bits per heavy atom. The third-order valence-corrected chi connectivity index (χ3v) is 5.43. The van der Waals surface area contributed by atoms with Crippen molar-refractivity contribution in [2.45, 2.75) is 25.8 Å². The molecule has 2 aliphatic rings. The Morgan fingerprint density at radius 3 is 2.96 bits per heavy atom. The van der Waals surface area contributed by atoms with Crippen LogP contribution in [0.5, 0.6) is 0 Å². The van der Waals surface area contributed by atoms with Gasteiger partial charge in [0.05, 0.1) is 6.54 Å². The third kappa shape index (κ3) is 3.65. The molecule has 2 saturated heterocycles. The lowest BCUT2D eigenvalue weighted by atomic mass is 9.79. The summed E-state index contributed by atoms with van der Waals surface area (Å²) in [5.41, 5.74) is 1.07. The number of nitrogens with zero attached hydrogens (tertiary/aromatic N) is 5. The van der Waals surface area contributed by atoms with Gasteiger partial charge in [0.2, 0.25) is 5.91 Å². The van der Waals surface area contributed by atoms with Gasteiger partial charge in [-0.15, -0.1) is 10.2 Å². The summed E-state index contributed by atoms with van der Waals surface area (Å²) < 4.78 is 1.97. The maximum atomic E-state index is 11.7. The molecule has 4 rings (SSSR count). The van der Waals surface area contributed by atoms with Crippen molar-refractivity contribution in [1.82, 2.24) is 30.3 Å². The molecule has 1 aromatic carbocycles. The lowest BCUT2D eigenvalue weighted by molar-refractivity contribution is -0.119. The second-order valence-corrected chi connectivity index (χ2v) is 7.33. The van der Waals surface area contributed by atoms with E-state index in [1.165, 1.54) is 0 Å². The molecule has 0 radical (unpaired) electrons. The number of hydrogen-bond donors (Lipinski definition) is 2. The van der Waals surface area contributed by atoms with Crippen molar-refractivity contribution in [3.63, 3.8) is 0 Å². The van der Waals surface area contributed by atoms with Crippen molar-refractivity contribution in [3.8, 4) is 5.69 Å². The minimum atomic E-state index is 0.0387. The van der Waals surface area contributed by atoms with Crippen LogP contribution >= 0.6 is 0 Å². The van der Waals surface area contributed by atoms with Gasteiger partial charge in [0.15, 0.2) is 11.8 Å². The molecule has 1 unspecified atom stereocenters. The van der Waals surface area contributed by atoms with E-state index in [0.29, 0.717) is 13.0 Å². The second-order valence-electron chi connectivity index (χ2n) is 7.33. The summed E-state index contributed by atoms with van der Waals surface area (Å²) in [6.45, 7) is 3.09. The van der Waals surface area contributed by atoms with Gasteiger partial charge in [0, 0.05) is 44.2 Å². The number of piperidine rings is 1. The van der Waals surface area contributed by atoms with Crippen LogP contribution in [0.25, 0.3) is 5.69 Å². The van der Waals surface area contributed by atoms with E-state index < -0.39 is 0 Å². The molecule has 27 heavy (non-hydrogen) atoms. The Hall–Kier alpha value is -2.90. The fourth-order valence-corrected chi connectivity index (χ4v) is 4.10. The summed E-state index contributed by atoms with van der Waals surface area (Å²) >= 11 is 0. The molecule has 8 heteroatoms. The Kier molecular flexibility index (Phi) is 4.79. The Labute approximate surface area is 158 Å². The van der Waals surface area contributed by atoms with Crippen LogP contribution in [0.1, 0.15) is 25.1 Å². The summed E-state index contributed by atoms with van der Waals surface area (Å²) in [5, 5.41) is 14.7. The van der Waals surface area contributed by atoms with Crippen LogP contribution < -0.4 is 10.6 Å².